The van der Waals surface area contributed by atoms with Crippen molar-refractivity contribution in [1.29, 1.82) is 0 Å². The van der Waals surface area contributed by atoms with Crippen molar-refractivity contribution in [1.82, 2.24) is 5.32 Å². The molecule has 0 aromatic carbocycles. The third kappa shape index (κ3) is 7.29. The molecule has 0 saturated carbocycles. The lowest BCUT2D eigenvalue weighted by atomic mass is 9.81. The predicted octanol–water partition coefficient (Wildman–Crippen LogP) is 6.46. The Hall–Kier alpha value is -0.440. The van der Waals surface area contributed by atoms with Crippen LogP contribution in [0.5, 0.6) is 0 Å². The van der Waals surface area contributed by atoms with E-state index in [0.717, 1.165) is 24.0 Å². The van der Waals surface area contributed by atoms with E-state index in [1.165, 1.54) is 32.1 Å². The standard InChI is InChI=1S/C11H20.C10H17NOS.C2H6/c1-10(2)11-8-6-4-3-5-7-9-11;1-10(2,3)9-6-4-8(12)11-7(6)5-13-9;1-2/h3-4,10-11H,5-9H2,1-2H3;6-7,9H,4-5H2,1-3H3,(H,11,12);1-2H3/b4-3+;;. The van der Waals surface area contributed by atoms with Gasteiger partial charge in [-0.3, -0.25) is 4.79 Å². The lowest BCUT2D eigenvalue weighted by molar-refractivity contribution is -0.119. The first-order valence-corrected chi connectivity index (χ1v) is 11.9. The molecule has 2 heterocycles. The van der Waals surface area contributed by atoms with Crippen LogP contribution in [0.1, 0.15) is 87.0 Å². The second-order valence-corrected chi connectivity index (χ2v) is 10.3. The molecule has 3 heteroatoms. The minimum absolute atomic E-state index is 0.254. The molecule has 2 aliphatic heterocycles. The van der Waals surface area contributed by atoms with E-state index in [4.69, 9.17) is 0 Å². The second-order valence-electron chi connectivity index (χ2n) is 9.15. The van der Waals surface area contributed by atoms with Crippen molar-refractivity contribution in [3.8, 4) is 0 Å². The van der Waals surface area contributed by atoms with Crippen molar-refractivity contribution in [2.75, 3.05) is 5.75 Å². The first-order chi connectivity index (χ1) is 12.3. The number of amides is 1. The van der Waals surface area contributed by atoms with E-state index in [0.29, 0.717) is 22.6 Å². The van der Waals surface area contributed by atoms with Gasteiger partial charge in [0.2, 0.25) is 5.91 Å². The Morgan fingerprint density at radius 2 is 1.77 bits per heavy atom. The van der Waals surface area contributed by atoms with Gasteiger partial charge in [-0.25, -0.2) is 0 Å². The first kappa shape index (κ1) is 23.6. The Morgan fingerprint density at radius 1 is 1.12 bits per heavy atom. The zero-order chi connectivity index (χ0) is 19.7. The van der Waals surface area contributed by atoms with Crippen LogP contribution in [-0.4, -0.2) is 23.0 Å². The minimum atomic E-state index is 0.254. The maximum atomic E-state index is 11.2. The van der Waals surface area contributed by atoms with Gasteiger partial charge in [0.1, 0.15) is 0 Å². The molecule has 1 N–H and O–H groups in total. The summed E-state index contributed by atoms with van der Waals surface area (Å²) in [6.07, 6.45) is 12.3. The summed E-state index contributed by atoms with van der Waals surface area (Å²) in [7, 11) is 0. The Morgan fingerprint density at radius 3 is 2.38 bits per heavy atom. The van der Waals surface area contributed by atoms with E-state index in [1.807, 2.05) is 25.6 Å². The number of carbonyl (C=O) groups is 1. The van der Waals surface area contributed by atoms with Gasteiger partial charge in [-0.2, -0.15) is 11.8 Å². The van der Waals surface area contributed by atoms with Crippen LogP contribution in [0, 0.1) is 23.2 Å². The van der Waals surface area contributed by atoms with Crippen molar-refractivity contribution in [2.24, 2.45) is 23.2 Å². The maximum Gasteiger partial charge on any atom is 0.220 e. The highest BCUT2D eigenvalue weighted by atomic mass is 32.2. The van der Waals surface area contributed by atoms with Gasteiger partial charge in [0.15, 0.2) is 0 Å². The average molecular weight is 382 g/mol. The highest BCUT2D eigenvalue weighted by Gasteiger charge is 2.47. The highest BCUT2D eigenvalue weighted by Crippen LogP contribution is 2.46. The Kier molecular flexibility index (Phi) is 10.4. The molecule has 1 amide bonds. The SMILES string of the molecule is CC.CC(C)(C)C1SCC2NC(=O)CC21.CC(C)C1CC/C=C/CCC1. The molecule has 26 heavy (non-hydrogen) atoms. The summed E-state index contributed by atoms with van der Waals surface area (Å²) in [5, 5.41) is 3.71. The van der Waals surface area contributed by atoms with Crippen LogP contribution >= 0.6 is 11.8 Å². The number of allylic oxidation sites excluding steroid dienone is 2. The van der Waals surface area contributed by atoms with Gasteiger partial charge in [-0.1, -0.05) is 60.6 Å². The molecule has 3 rings (SSSR count). The van der Waals surface area contributed by atoms with Gasteiger partial charge < -0.3 is 5.32 Å². The molecule has 152 valence electrons. The van der Waals surface area contributed by atoms with Crippen LogP contribution in [0.2, 0.25) is 0 Å². The lowest BCUT2D eigenvalue weighted by Crippen LogP contribution is -2.32. The normalized spacial score (nSPS) is 32.2. The monoisotopic (exact) mass is 381 g/mol. The number of carbonyl (C=O) groups excluding carboxylic acids is 1. The first-order valence-electron chi connectivity index (χ1n) is 10.8. The maximum absolute atomic E-state index is 11.2. The molecular weight excluding hydrogens is 338 g/mol. The van der Waals surface area contributed by atoms with E-state index < -0.39 is 0 Å². The Labute approximate surface area is 167 Å². The summed E-state index contributed by atoms with van der Waals surface area (Å²) >= 11 is 2.03. The molecule has 4 atom stereocenters. The molecule has 0 radical (unpaired) electrons. The average Bonchev–Trinajstić information content (AvgIpc) is 3.07. The zero-order valence-electron chi connectivity index (χ0n) is 18.3. The molecule has 4 unspecified atom stereocenters. The number of rotatable bonds is 1. The number of hydrogen-bond acceptors (Lipinski definition) is 2. The molecule has 3 aliphatic rings. The predicted molar refractivity (Wildman–Crippen MR) is 118 cm³/mol. The molecule has 2 nitrogen and oxygen atoms in total. The van der Waals surface area contributed by atoms with E-state index in [9.17, 15) is 4.79 Å². The quantitative estimate of drug-likeness (QED) is 0.528. The van der Waals surface area contributed by atoms with Crippen molar-refractivity contribution in [2.45, 2.75) is 98.3 Å². The van der Waals surface area contributed by atoms with Crippen LogP contribution < -0.4 is 5.32 Å². The van der Waals surface area contributed by atoms with E-state index >= 15 is 0 Å². The largest absolute Gasteiger partial charge is 0.352 e. The third-order valence-corrected chi connectivity index (χ3v) is 7.71. The van der Waals surface area contributed by atoms with Gasteiger partial charge >= 0.3 is 0 Å². The fourth-order valence-corrected chi connectivity index (χ4v) is 6.07. The number of thioether (sulfide) groups is 1. The molecule has 0 aromatic rings. The molecule has 2 fully saturated rings. The highest BCUT2D eigenvalue weighted by molar-refractivity contribution is 8.00. The van der Waals surface area contributed by atoms with Crippen molar-refractivity contribution < 1.29 is 4.79 Å². The summed E-state index contributed by atoms with van der Waals surface area (Å²) < 4.78 is 0. The smallest absolute Gasteiger partial charge is 0.220 e. The number of hydrogen-bond donors (Lipinski definition) is 1. The van der Waals surface area contributed by atoms with Crippen LogP contribution in [0.15, 0.2) is 12.2 Å². The molecule has 0 spiro atoms. The molecule has 0 aromatic heterocycles. The fourth-order valence-electron chi connectivity index (χ4n) is 4.29. The van der Waals surface area contributed by atoms with Crippen molar-refractivity contribution in [3.05, 3.63) is 12.2 Å². The lowest BCUT2D eigenvalue weighted by Gasteiger charge is -2.30. The van der Waals surface area contributed by atoms with Crippen molar-refractivity contribution in [3.63, 3.8) is 0 Å². The minimum Gasteiger partial charge on any atom is -0.352 e. The van der Waals surface area contributed by atoms with Gasteiger partial charge in [-0.05, 0) is 49.4 Å². The number of fused-ring (bicyclic) bond motifs is 1. The second kappa shape index (κ2) is 11.4. The number of nitrogens with one attached hydrogen (secondary N) is 1. The zero-order valence-corrected chi connectivity index (χ0v) is 19.1. The van der Waals surface area contributed by atoms with E-state index in [2.05, 4.69) is 52.1 Å². The van der Waals surface area contributed by atoms with Gasteiger partial charge in [0.25, 0.3) is 0 Å². The Bertz CT molecular complexity index is 438. The van der Waals surface area contributed by atoms with Gasteiger partial charge in [0, 0.05) is 29.4 Å². The third-order valence-electron chi connectivity index (χ3n) is 5.74. The summed E-state index contributed by atoms with van der Waals surface area (Å²) in [6, 6.07) is 0.460. The topological polar surface area (TPSA) is 29.1 Å². The summed E-state index contributed by atoms with van der Waals surface area (Å²) in [4.78, 5) is 11.2. The van der Waals surface area contributed by atoms with E-state index in [-0.39, 0.29) is 5.91 Å². The van der Waals surface area contributed by atoms with Gasteiger partial charge in [0.05, 0.1) is 0 Å². The van der Waals surface area contributed by atoms with Gasteiger partial charge in [-0.15, -0.1) is 0 Å². The van der Waals surface area contributed by atoms with Crippen LogP contribution in [0.4, 0.5) is 0 Å². The summed E-state index contributed by atoms with van der Waals surface area (Å²) in [5.74, 6) is 3.82. The summed E-state index contributed by atoms with van der Waals surface area (Å²) in [5.41, 5.74) is 0.330. The van der Waals surface area contributed by atoms with Crippen LogP contribution in [0.25, 0.3) is 0 Å². The molecule has 2 saturated heterocycles. The van der Waals surface area contributed by atoms with Crippen LogP contribution in [-0.2, 0) is 4.79 Å². The molecular formula is C23H43NOS. The summed E-state index contributed by atoms with van der Waals surface area (Å²) in [6.45, 7) is 15.5. The fraction of sp³-hybridized carbons (Fsp3) is 0.870. The van der Waals surface area contributed by atoms with E-state index in [1.54, 1.807) is 0 Å². The Balaban J connectivity index is 0.000000241. The molecule has 0 bridgehead atoms. The van der Waals surface area contributed by atoms with Crippen molar-refractivity contribution >= 4 is 17.7 Å². The molecule has 1 aliphatic carbocycles. The van der Waals surface area contributed by atoms with Crippen LogP contribution in [0.3, 0.4) is 0 Å².